The largest absolute Gasteiger partial charge is 0.468 e. The van der Waals surface area contributed by atoms with Crippen molar-refractivity contribution < 1.29 is 5.49 Å². The Kier molecular flexibility index (Phi) is 0.487. The minimum absolute atomic E-state index is 0.543. The van der Waals surface area contributed by atoms with Crippen molar-refractivity contribution >= 4 is 19.9 Å². The van der Waals surface area contributed by atoms with Gasteiger partial charge >= 0.3 is 0 Å². The van der Waals surface area contributed by atoms with E-state index in [0.717, 1.165) is 0 Å². The van der Waals surface area contributed by atoms with Gasteiger partial charge in [-0.15, -0.1) is 0 Å². The third-order valence-electron chi connectivity index (χ3n) is 0.0722. The van der Waals surface area contributed by atoms with Crippen LogP contribution in [0.25, 0.3) is 0 Å². The Bertz CT molecular complexity index is 109. The molecule has 0 heterocycles. The Labute approximate surface area is 39.4 Å². The fourth-order valence-electron chi connectivity index (χ4n) is 0. The first kappa shape index (κ1) is 0.573. The van der Waals surface area contributed by atoms with Gasteiger partial charge in [0.2, 0.25) is 0 Å². The molecule has 26 valence electrons. The van der Waals surface area contributed by atoms with E-state index >= 15 is 0 Å². The molecule has 0 spiro atoms. The lowest BCUT2D eigenvalue weighted by Gasteiger charge is -1.76. The summed E-state index contributed by atoms with van der Waals surface area (Å²) in [7, 11) is -7.64. The molecule has 0 unspecified atom stereocenters. The molecule has 0 aliphatic heterocycles. The maximum absolute atomic E-state index is 6.90. The van der Waals surface area contributed by atoms with Crippen molar-refractivity contribution in [3.05, 3.63) is 0 Å². The molecule has 0 aliphatic carbocycles. The molecule has 0 bridgehead atoms. The SMILES string of the molecule is [2H]C[Si]([2H])([2H])O[Si]([2H])([2H])[2H]. The summed E-state index contributed by atoms with van der Waals surface area (Å²) in [4.78, 5) is 0. The van der Waals surface area contributed by atoms with Crippen LogP contribution in [0.4, 0.5) is 0 Å². The van der Waals surface area contributed by atoms with E-state index < -0.39 is 26.4 Å². The van der Waals surface area contributed by atoms with Crippen LogP contribution in [-0.4, -0.2) is 26.1 Å². The quantitative estimate of drug-likeness (QED) is 0.379. The van der Waals surface area contributed by atoms with E-state index in [9.17, 15) is 0 Å². The zero-order valence-corrected chi connectivity index (χ0v) is 4.12. The summed E-state index contributed by atoms with van der Waals surface area (Å²) in [6.45, 7) is -0.543. The van der Waals surface area contributed by atoms with Crippen LogP contribution in [0.1, 0.15) is 1.37 Å². The molecule has 0 fully saturated rings. The van der Waals surface area contributed by atoms with Gasteiger partial charge in [0.25, 0.3) is 0 Å². The van der Waals surface area contributed by atoms with Crippen LogP contribution in [0, 0.1) is 0 Å². The summed E-state index contributed by atoms with van der Waals surface area (Å²) < 4.78 is 44.6. The second kappa shape index (κ2) is 3.39. The van der Waals surface area contributed by atoms with Gasteiger partial charge in [0.05, 0.1) is 0 Å². The average Bonchev–Trinajstić information content (AvgIpc) is 1.60. The molecule has 0 amide bonds. The highest BCUT2D eigenvalue weighted by Crippen LogP contribution is 1.45. The van der Waals surface area contributed by atoms with Crippen LogP contribution < -0.4 is 0 Å². The molecule has 0 atom stereocenters. The summed E-state index contributed by atoms with van der Waals surface area (Å²) in [5, 5.41) is 0. The Morgan fingerprint density at radius 1 is 3.00 bits per heavy atom. The van der Waals surface area contributed by atoms with E-state index in [1.807, 2.05) is 0 Å². The van der Waals surface area contributed by atoms with Gasteiger partial charge in [0.15, 0.2) is 0 Å². The van der Waals surface area contributed by atoms with Crippen molar-refractivity contribution in [2.45, 2.75) is 6.52 Å². The van der Waals surface area contributed by atoms with Gasteiger partial charge in [0.1, 0.15) is 19.9 Å². The van der Waals surface area contributed by atoms with Crippen LogP contribution in [0.2, 0.25) is 6.52 Å². The van der Waals surface area contributed by atoms with E-state index in [1.54, 1.807) is 0 Å². The zero-order valence-electron chi connectivity index (χ0n) is 8.12. The fourth-order valence-corrected chi connectivity index (χ4v) is 0. The van der Waals surface area contributed by atoms with Gasteiger partial charge in [-0.1, -0.05) is 6.52 Å². The molecule has 0 N–H and O–H groups in total. The van der Waals surface area contributed by atoms with Crippen LogP contribution in [-0.2, 0) is 4.12 Å². The average molecular weight is 98.3 g/mol. The molecule has 0 rings (SSSR count). The predicted octanol–water partition coefficient (Wildman–Crippen LogP) is -1.58. The van der Waals surface area contributed by atoms with Gasteiger partial charge in [-0.25, -0.2) is 0 Å². The Morgan fingerprint density at radius 3 is 4.25 bits per heavy atom. The van der Waals surface area contributed by atoms with Crippen molar-refractivity contribution in [3.8, 4) is 0 Å². The number of hydrogen-bond acceptors (Lipinski definition) is 1. The fraction of sp³-hybridized carbons (Fsp3) is 1.00. The summed E-state index contributed by atoms with van der Waals surface area (Å²) in [5.74, 6) is 0. The molecular weight excluding hydrogens is 84.2 g/mol. The topological polar surface area (TPSA) is 9.23 Å². The summed E-state index contributed by atoms with van der Waals surface area (Å²) in [5.41, 5.74) is 0. The molecule has 0 aromatic carbocycles. The van der Waals surface area contributed by atoms with Crippen LogP contribution in [0.3, 0.4) is 0 Å². The van der Waals surface area contributed by atoms with E-state index in [0.29, 0.717) is 0 Å². The van der Waals surface area contributed by atoms with E-state index in [-0.39, 0.29) is 0 Å². The first-order chi connectivity index (χ1) is 4.27. The number of rotatable bonds is 2. The van der Waals surface area contributed by atoms with Crippen LogP contribution in [0.5, 0.6) is 0 Å². The first-order valence-electron chi connectivity index (χ1n) is 3.97. The van der Waals surface area contributed by atoms with Crippen LogP contribution in [0.15, 0.2) is 0 Å². The van der Waals surface area contributed by atoms with E-state index in [2.05, 4.69) is 4.12 Å². The molecule has 0 saturated heterocycles. The van der Waals surface area contributed by atoms with Crippen LogP contribution >= 0.6 is 0 Å². The third-order valence-corrected chi connectivity index (χ3v) is 0.650. The second-order valence-electron chi connectivity index (χ2n) is 0.246. The molecule has 0 aromatic rings. The lowest BCUT2D eigenvalue weighted by Crippen LogP contribution is -1.82. The molecule has 0 radical (unpaired) electrons. The van der Waals surface area contributed by atoms with Gasteiger partial charge < -0.3 is 4.12 Å². The van der Waals surface area contributed by atoms with Gasteiger partial charge in [-0.3, -0.25) is 0 Å². The first-order valence-corrected chi connectivity index (χ1v) is 2.29. The highest BCUT2D eigenvalue weighted by atomic mass is 28.3. The maximum Gasteiger partial charge on any atom is 0.142 e. The summed E-state index contributed by atoms with van der Waals surface area (Å²) in [6.07, 6.45) is 0. The monoisotopic (exact) mass is 98.0 g/mol. The third kappa shape index (κ3) is 2.39. The second-order valence-corrected chi connectivity index (χ2v) is 1.35. The van der Waals surface area contributed by atoms with E-state index in [4.69, 9.17) is 7.54 Å². The Balaban J connectivity index is 3.89. The minimum Gasteiger partial charge on any atom is -0.468 e. The Morgan fingerprint density at radius 2 is 4.00 bits per heavy atom. The number of hydrogen-bond donors (Lipinski definition) is 0. The van der Waals surface area contributed by atoms with Crippen molar-refractivity contribution in [1.82, 2.24) is 0 Å². The Hall–Kier alpha value is 0.394. The summed E-state index contributed by atoms with van der Waals surface area (Å²) in [6, 6.07) is 0. The summed E-state index contributed by atoms with van der Waals surface area (Å²) >= 11 is 0. The molecule has 3 heteroatoms. The lowest BCUT2D eigenvalue weighted by molar-refractivity contribution is 0.671. The van der Waals surface area contributed by atoms with Gasteiger partial charge in [-0.2, -0.15) is 0 Å². The van der Waals surface area contributed by atoms with Crippen molar-refractivity contribution in [3.63, 3.8) is 0 Å². The standard InChI is InChI=1S/CH8OSi2/c1-4-2-3/h4H2,1,3H3/i1D,3D3,4D2. The lowest BCUT2D eigenvalue weighted by atomic mass is 11.9. The molecule has 4 heavy (non-hydrogen) atoms. The highest BCUT2D eigenvalue weighted by Gasteiger charge is 1.54. The maximum atomic E-state index is 6.90. The van der Waals surface area contributed by atoms with Gasteiger partial charge in [0, 0.05) is 7.54 Å². The molecular formula is CH8OSi2. The predicted molar refractivity (Wildman–Crippen MR) is 25.4 cm³/mol. The molecule has 0 aromatic heterocycles. The molecule has 0 saturated carbocycles. The normalized spacial score (nSPS) is 36.0. The highest BCUT2D eigenvalue weighted by molar-refractivity contribution is 6.32. The molecule has 0 aliphatic rings. The van der Waals surface area contributed by atoms with Crippen molar-refractivity contribution in [2.24, 2.45) is 0 Å². The van der Waals surface area contributed by atoms with Crippen molar-refractivity contribution in [1.29, 1.82) is 6.17 Å². The van der Waals surface area contributed by atoms with Gasteiger partial charge in [-0.05, 0) is 0 Å². The van der Waals surface area contributed by atoms with E-state index in [1.165, 1.54) is 0 Å². The minimum atomic E-state index is -4.00. The molecule has 1 nitrogen and oxygen atoms in total. The van der Waals surface area contributed by atoms with Crippen molar-refractivity contribution in [2.75, 3.05) is 0 Å². The smallest absolute Gasteiger partial charge is 0.142 e. The zero-order chi connectivity index (χ0) is 8.41.